The number of halogens is 1. The van der Waals surface area contributed by atoms with Crippen molar-refractivity contribution < 1.29 is 14.0 Å². The van der Waals surface area contributed by atoms with Crippen molar-refractivity contribution >= 4 is 18.0 Å². The summed E-state index contributed by atoms with van der Waals surface area (Å²) >= 11 is 0. The van der Waals surface area contributed by atoms with Gasteiger partial charge in [0.05, 0.1) is 11.7 Å². The molecule has 19 heavy (non-hydrogen) atoms. The van der Waals surface area contributed by atoms with Crippen molar-refractivity contribution in [2.75, 3.05) is 4.90 Å². The number of nitrogens with one attached hydrogen (secondary N) is 1. The van der Waals surface area contributed by atoms with Gasteiger partial charge in [-0.05, 0) is 31.0 Å². The van der Waals surface area contributed by atoms with Crippen LogP contribution in [0.2, 0.25) is 0 Å². The van der Waals surface area contributed by atoms with Gasteiger partial charge in [-0.3, -0.25) is 9.59 Å². The minimum Gasteiger partial charge on any atom is -0.352 e. The van der Waals surface area contributed by atoms with E-state index in [2.05, 4.69) is 5.32 Å². The second-order valence-electron chi connectivity index (χ2n) is 4.74. The quantitative estimate of drug-likeness (QED) is 0.850. The van der Waals surface area contributed by atoms with E-state index in [4.69, 9.17) is 0 Å². The van der Waals surface area contributed by atoms with Gasteiger partial charge in [0.2, 0.25) is 12.3 Å². The number of fused-ring (bicyclic) bond motifs is 1. The lowest BCUT2D eigenvalue weighted by molar-refractivity contribution is -0.118. The van der Waals surface area contributed by atoms with Crippen LogP contribution in [0.3, 0.4) is 0 Å². The van der Waals surface area contributed by atoms with Crippen molar-refractivity contribution in [2.45, 2.75) is 38.8 Å². The van der Waals surface area contributed by atoms with Crippen LogP contribution in [-0.4, -0.2) is 18.4 Å². The molecule has 5 heteroatoms. The lowest BCUT2D eigenvalue weighted by Gasteiger charge is -2.39. The van der Waals surface area contributed by atoms with Crippen molar-refractivity contribution in [1.29, 1.82) is 0 Å². The van der Waals surface area contributed by atoms with Crippen molar-refractivity contribution in [3.8, 4) is 0 Å². The second kappa shape index (κ2) is 5.38. The van der Waals surface area contributed by atoms with E-state index in [1.807, 2.05) is 6.92 Å². The molecule has 0 fully saturated rings. The van der Waals surface area contributed by atoms with Crippen LogP contribution >= 0.6 is 0 Å². The first-order valence-corrected chi connectivity index (χ1v) is 6.39. The molecule has 1 aliphatic rings. The highest BCUT2D eigenvalue weighted by molar-refractivity contribution is 5.95. The van der Waals surface area contributed by atoms with Gasteiger partial charge in [0.1, 0.15) is 5.82 Å². The van der Waals surface area contributed by atoms with E-state index in [1.54, 1.807) is 17.9 Å². The fourth-order valence-corrected chi connectivity index (χ4v) is 2.62. The molecule has 0 aliphatic carbocycles. The Morgan fingerprint density at radius 1 is 1.58 bits per heavy atom. The lowest BCUT2D eigenvalue weighted by atomic mass is 9.91. The summed E-state index contributed by atoms with van der Waals surface area (Å²) in [7, 11) is 0. The van der Waals surface area contributed by atoms with Crippen molar-refractivity contribution in [1.82, 2.24) is 5.32 Å². The zero-order chi connectivity index (χ0) is 14.0. The maximum Gasteiger partial charge on any atom is 0.226 e. The van der Waals surface area contributed by atoms with Gasteiger partial charge < -0.3 is 10.2 Å². The highest BCUT2D eigenvalue weighted by Gasteiger charge is 2.33. The smallest absolute Gasteiger partial charge is 0.226 e. The third-order valence-corrected chi connectivity index (χ3v) is 3.49. The molecule has 1 aromatic rings. The van der Waals surface area contributed by atoms with E-state index in [0.717, 1.165) is 5.56 Å². The Morgan fingerprint density at radius 3 is 2.95 bits per heavy atom. The first kappa shape index (κ1) is 13.5. The zero-order valence-corrected chi connectivity index (χ0v) is 11.0. The molecule has 2 rings (SSSR count). The van der Waals surface area contributed by atoms with E-state index in [0.29, 0.717) is 24.9 Å². The molecule has 0 bridgehead atoms. The van der Waals surface area contributed by atoms with E-state index >= 15 is 0 Å². The Kier molecular flexibility index (Phi) is 3.83. The van der Waals surface area contributed by atoms with Gasteiger partial charge in [-0.25, -0.2) is 4.39 Å². The molecule has 0 unspecified atom stereocenters. The third kappa shape index (κ3) is 2.45. The number of hydrogen-bond donors (Lipinski definition) is 1. The first-order chi connectivity index (χ1) is 9.08. The summed E-state index contributed by atoms with van der Waals surface area (Å²) in [5.74, 6) is -0.421. The highest BCUT2D eigenvalue weighted by Crippen LogP contribution is 2.37. The van der Waals surface area contributed by atoms with Crippen LogP contribution in [-0.2, 0) is 9.59 Å². The number of nitrogens with zero attached hydrogens (tertiary/aromatic N) is 1. The predicted octanol–water partition coefficient (Wildman–Crippen LogP) is 2.15. The molecule has 1 N–H and O–H groups in total. The maximum absolute atomic E-state index is 13.4. The fourth-order valence-electron chi connectivity index (χ4n) is 2.62. The summed E-state index contributed by atoms with van der Waals surface area (Å²) in [5.41, 5.74) is 1.35. The van der Waals surface area contributed by atoms with Crippen molar-refractivity contribution in [3.63, 3.8) is 0 Å². The largest absolute Gasteiger partial charge is 0.352 e. The number of hydrogen-bond acceptors (Lipinski definition) is 2. The van der Waals surface area contributed by atoms with E-state index < -0.39 is 0 Å². The summed E-state index contributed by atoms with van der Waals surface area (Å²) in [6.45, 7) is 3.69. The van der Waals surface area contributed by atoms with Crippen LogP contribution in [0.25, 0.3) is 0 Å². The summed E-state index contributed by atoms with van der Waals surface area (Å²) in [6.07, 6.45) is 1.64. The summed E-state index contributed by atoms with van der Waals surface area (Å²) < 4.78 is 13.4. The van der Waals surface area contributed by atoms with E-state index in [9.17, 15) is 14.0 Å². The molecule has 4 nitrogen and oxygen atoms in total. The van der Waals surface area contributed by atoms with Crippen LogP contribution in [0.5, 0.6) is 0 Å². The van der Waals surface area contributed by atoms with Crippen molar-refractivity contribution in [3.05, 3.63) is 29.6 Å². The Hall–Kier alpha value is -1.91. The molecule has 1 heterocycles. The molecule has 0 spiro atoms. The van der Waals surface area contributed by atoms with Gasteiger partial charge in [-0.2, -0.15) is 0 Å². The molecule has 1 aromatic carbocycles. The zero-order valence-electron chi connectivity index (χ0n) is 11.0. The Morgan fingerprint density at radius 2 is 2.32 bits per heavy atom. The number of carbonyl (C=O) groups excluding carboxylic acids is 2. The number of amides is 2. The number of benzene rings is 1. The molecule has 2 amide bonds. The van der Waals surface area contributed by atoms with Gasteiger partial charge in [-0.1, -0.05) is 13.0 Å². The number of rotatable bonds is 3. The second-order valence-corrected chi connectivity index (χ2v) is 4.74. The maximum atomic E-state index is 13.4. The van der Waals surface area contributed by atoms with Crippen LogP contribution in [0.15, 0.2) is 18.2 Å². The Labute approximate surface area is 111 Å². The minimum atomic E-state index is -0.383. The Balaban J connectivity index is 2.50. The monoisotopic (exact) mass is 264 g/mol. The third-order valence-electron chi connectivity index (χ3n) is 3.49. The molecule has 0 aromatic heterocycles. The molecular formula is C14H17FN2O2. The van der Waals surface area contributed by atoms with Gasteiger partial charge in [0.15, 0.2) is 0 Å². The van der Waals surface area contributed by atoms with Gasteiger partial charge in [-0.15, -0.1) is 0 Å². The fraction of sp³-hybridized carbons (Fsp3) is 0.429. The summed E-state index contributed by atoms with van der Waals surface area (Å²) in [6, 6.07) is 4.09. The van der Waals surface area contributed by atoms with Crippen LogP contribution in [0, 0.1) is 5.82 Å². The molecule has 1 aliphatic heterocycles. The van der Waals surface area contributed by atoms with Crippen LogP contribution in [0.1, 0.15) is 38.3 Å². The highest BCUT2D eigenvalue weighted by atomic mass is 19.1. The molecule has 2 atom stereocenters. The van der Waals surface area contributed by atoms with Crippen molar-refractivity contribution in [2.24, 2.45) is 0 Å². The predicted molar refractivity (Wildman–Crippen MR) is 70.2 cm³/mol. The number of anilines is 1. The van der Waals surface area contributed by atoms with E-state index in [1.165, 1.54) is 12.1 Å². The molecule has 0 radical (unpaired) electrons. The first-order valence-electron chi connectivity index (χ1n) is 6.39. The summed E-state index contributed by atoms with van der Waals surface area (Å²) in [5, 5.41) is 2.73. The average Bonchev–Trinajstić information content (AvgIpc) is 2.38. The molecule has 0 saturated carbocycles. The van der Waals surface area contributed by atoms with Gasteiger partial charge in [0, 0.05) is 12.5 Å². The van der Waals surface area contributed by atoms with Gasteiger partial charge >= 0.3 is 0 Å². The SMILES string of the molecule is CCC(=O)N1c2cc(F)ccc2[C@H](NC=O)C[C@@H]1C. The Bertz CT molecular complexity index is 504. The topological polar surface area (TPSA) is 49.4 Å². The van der Waals surface area contributed by atoms with Crippen LogP contribution < -0.4 is 10.2 Å². The molecular weight excluding hydrogens is 247 g/mol. The summed E-state index contributed by atoms with van der Waals surface area (Å²) in [4.78, 5) is 24.3. The molecule has 102 valence electrons. The minimum absolute atomic E-state index is 0.0381. The van der Waals surface area contributed by atoms with Gasteiger partial charge in [0.25, 0.3) is 0 Å². The standard InChI is InChI=1S/C14H17FN2O2/c1-3-14(19)17-9(2)6-12(16-8-18)11-5-4-10(15)7-13(11)17/h4-5,7-9,12H,3,6H2,1-2H3,(H,16,18)/t9-,12+/m0/s1. The molecule has 0 saturated heterocycles. The average molecular weight is 264 g/mol. The van der Waals surface area contributed by atoms with Crippen LogP contribution in [0.4, 0.5) is 10.1 Å². The normalized spacial score (nSPS) is 21.7. The number of carbonyl (C=O) groups is 2. The lowest BCUT2D eigenvalue weighted by Crippen LogP contribution is -2.45. The van der Waals surface area contributed by atoms with E-state index in [-0.39, 0.29) is 23.8 Å².